The molecule has 0 aliphatic carbocycles. The molecule has 3 rings (SSSR count). The molecule has 0 unspecified atom stereocenters. The van der Waals surface area contributed by atoms with E-state index >= 15 is 0 Å². The average molecular weight is 332 g/mol. The number of amides is 1. The number of nitrogens with zero attached hydrogens (tertiary/aromatic N) is 1. The molecule has 0 saturated heterocycles. The Morgan fingerprint density at radius 1 is 1.29 bits per heavy atom. The van der Waals surface area contributed by atoms with Gasteiger partial charge in [-0.2, -0.15) is 0 Å². The molecule has 8 nitrogen and oxygen atoms in total. The molecular weight excluding hydrogens is 316 g/mol. The van der Waals surface area contributed by atoms with Gasteiger partial charge >= 0.3 is 5.97 Å². The lowest BCUT2D eigenvalue weighted by molar-refractivity contribution is -0.124. The van der Waals surface area contributed by atoms with Gasteiger partial charge in [-0.1, -0.05) is 12.1 Å². The summed E-state index contributed by atoms with van der Waals surface area (Å²) in [7, 11) is 0. The van der Waals surface area contributed by atoms with Crippen molar-refractivity contribution in [1.29, 1.82) is 0 Å². The molecule has 0 bridgehead atoms. The summed E-state index contributed by atoms with van der Waals surface area (Å²) in [6.07, 6.45) is -0.626. The molecule has 126 valence electrons. The number of aryl methyl sites for hydroxylation is 1. The van der Waals surface area contributed by atoms with Crippen LogP contribution in [-0.2, 0) is 9.53 Å². The normalized spacial score (nSPS) is 13.4. The van der Waals surface area contributed by atoms with Crippen molar-refractivity contribution in [3.63, 3.8) is 0 Å². The second-order valence-electron chi connectivity index (χ2n) is 5.18. The van der Waals surface area contributed by atoms with Crippen molar-refractivity contribution in [1.82, 2.24) is 5.16 Å². The molecular formula is C16H16N2O6. The third-order valence-corrected chi connectivity index (χ3v) is 3.40. The van der Waals surface area contributed by atoms with Crippen LogP contribution >= 0.6 is 0 Å². The van der Waals surface area contributed by atoms with Crippen molar-refractivity contribution in [3.8, 4) is 11.5 Å². The Hall–Kier alpha value is -3.03. The van der Waals surface area contributed by atoms with Gasteiger partial charge in [0.25, 0.3) is 5.91 Å². The van der Waals surface area contributed by atoms with Crippen LogP contribution in [0.5, 0.6) is 11.5 Å². The number of benzene rings is 1. The maximum atomic E-state index is 12.2. The smallest absolute Gasteiger partial charge is 0.339 e. The molecule has 1 N–H and O–H groups in total. The lowest BCUT2D eigenvalue weighted by atomic mass is 10.2. The molecule has 0 radical (unpaired) electrons. The highest BCUT2D eigenvalue weighted by Crippen LogP contribution is 2.32. The van der Waals surface area contributed by atoms with Crippen LogP contribution in [0.1, 0.15) is 29.5 Å². The molecule has 1 aliphatic rings. The lowest BCUT2D eigenvalue weighted by Gasteiger charge is -2.15. The molecule has 8 heteroatoms. The Bertz CT molecular complexity index is 770. The summed E-state index contributed by atoms with van der Waals surface area (Å²) in [5.74, 6) is 0.787. The van der Waals surface area contributed by atoms with Crippen LogP contribution in [0.2, 0.25) is 0 Å². The largest absolute Gasteiger partial charge is 0.454 e. The van der Waals surface area contributed by atoms with Crippen LogP contribution in [0.4, 0.5) is 5.82 Å². The van der Waals surface area contributed by atoms with Crippen LogP contribution in [0.3, 0.4) is 0 Å². The molecule has 1 amide bonds. The van der Waals surface area contributed by atoms with Crippen LogP contribution in [0.25, 0.3) is 0 Å². The predicted octanol–water partition coefficient (Wildman–Crippen LogP) is 2.29. The van der Waals surface area contributed by atoms with Gasteiger partial charge in [-0.25, -0.2) is 4.79 Å². The summed E-state index contributed by atoms with van der Waals surface area (Å²) in [6.45, 7) is 3.57. The Morgan fingerprint density at radius 3 is 2.79 bits per heavy atom. The van der Waals surface area contributed by atoms with E-state index in [2.05, 4.69) is 10.5 Å². The average Bonchev–Trinajstić information content (AvgIpc) is 3.20. The molecule has 0 spiro atoms. The summed E-state index contributed by atoms with van der Waals surface area (Å²) in [5.41, 5.74) is 0.280. The molecule has 1 aromatic heterocycles. The monoisotopic (exact) mass is 332 g/mol. The van der Waals surface area contributed by atoms with Crippen molar-refractivity contribution < 1.29 is 28.3 Å². The van der Waals surface area contributed by atoms with E-state index in [0.29, 0.717) is 23.7 Å². The number of aromatic nitrogens is 1. The molecule has 0 saturated carbocycles. The Kier molecular flexibility index (Phi) is 4.37. The summed E-state index contributed by atoms with van der Waals surface area (Å²) in [4.78, 5) is 24.4. The lowest BCUT2D eigenvalue weighted by Crippen LogP contribution is -2.32. The van der Waals surface area contributed by atoms with Gasteiger partial charge in [0, 0.05) is 6.07 Å². The third kappa shape index (κ3) is 3.32. The summed E-state index contributed by atoms with van der Waals surface area (Å²) in [6, 6.07) is 6.28. The van der Waals surface area contributed by atoms with Crippen LogP contribution in [0, 0.1) is 6.92 Å². The maximum Gasteiger partial charge on any atom is 0.339 e. The standard InChI is InChI=1S/C16H16N2O6/c1-3-11(15(19)17-14-6-9(2)24-18-14)23-16(20)10-4-5-12-13(7-10)22-8-21-12/h4-7,11H,3,8H2,1-2H3,(H,17,18,19)/t11-/m0/s1. The van der Waals surface area contributed by atoms with E-state index in [4.69, 9.17) is 18.7 Å². The number of fused-ring (bicyclic) bond motifs is 1. The highest BCUT2D eigenvalue weighted by molar-refractivity contribution is 5.97. The first-order valence-electron chi connectivity index (χ1n) is 7.41. The molecule has 0 fully saturated rings. The van der Waals surface area contributed by atoms with Gasteiger partial charge in [-0.3, -0.25) is 4.79 Å². The first-order chi connectivity index (χ1) is 11.6. The Labute approximate surface area is 137 Å². The van der Waals surface area contributed by atoms with Crippen molar-refractivity contribution in [3.05, 3.63) is 35.6 Å². The number of rotatable bonds is 5. The van der Waals surface area contributed by atoms with Gasteiger partial charge in [-0.05, 0) is 31.5 Å². The second-order valence-corrected chi connectivity index (χ2v) is 5.18. The van der Waals surface area contributed by atoms with Crippen molar-refractivity contribution in [2.24, 2.45) is 0 Å². The van der Waals surface area contributed by atoms with Crippen LogP contribution in [0.15, 0.2) is 28.8 Å². The molecule has 2 aromatic rings. The number of anilines is 1. The first-order valence-corrected chi connectivity index (χ1v) is 7.41. The van der Waals surface area contributed by atoms with Crippen molar-refractivity contribution in [2.75, 3.05) is 12.1 Å². The minimum atomic E-state index is -0.945. The van der Waals surface area contributed by atoms with Gasteiger partial charge in [0.2, 0.25) is 6.79 Å². The van der Waals surface area contributed by atoms with Gasteiger partial charge in [0.1, 0.15) is 5.76 Å². The first kappa shape index (κ1) is 15.9. The highest BCUT2D eigenvalue weighted by Gasteiger charge is 2.24. The van der Waals surface area contributed by atoms with Crippen LogP contribution < -0.4 is 14.8 Å². The Morgan fingerprint density at radius 2 is 2.08 bits per heavy atom. The van der Waals surface area contributed by atoms with E-state index in [1.807, 2.05) is 0 Å². The van der Waals surface area contributed by atoms with E-state index in [-0.39, 0.29) is 18.2 Å². The quantitative estimate of drug-likeness (QED) is 0.838. The number of carbonyl (C=O) groups excluding carboxylic acids is 2. The molecule has 24 heavy (non-hydrogen) atoms. The van der Waals surface area contributed by atoms with Crippen molar-refractivity contribution >= 4 is 17.7 Å². The summed E-state index contributed by atoms with van der Waals surface area (Å²) in [5, 5.41) is 6.22. The van der Waals surface area contributed by atoms with Gasteiger partial charge < -0.3 is 24.1 Å². The van der Waals surface area contributed by atoms with E-state index in [9.17, 15) is 9.59 Å². The van der Waals surface area contributed by atoms with Gasteiger partial charge in [0.05, 0.1) is 5.56 Å². The van der Waals surface area contributed by atoms with E-state index in [1.54, 1.807) is 32.0 Å². The minimum Gasteiger partial charge on any atom is -0.454 e. The number of nitrogens with one attached hydrogen (secondary N) is 1. The zero-order valence-electron chi connectivity index (χ0n) is 13.2. The SMILES string of the molecule is CC[C@H](OC(=O)c1ccc2c(c1)OCO2)C(=O)Nc1cc(C)on1. The Balaban J connectivity index is 1.65. The predicted molar refractivity (Wildman–Crippen MR) is 81.9 cm³/mol. The number of carbonyl (C=O) groups is 2. The summed E-state index contributed by atoms with van der Waals surface area (Å²) >= 11 is 0. The molecule has 1 aliphatic heterocycles. The minimum absolute atomic E-state index is 0.116. The van der Waals surface area contributed by atoms with Crippen LogP contribution in [-0.4, -0.2) is 29.9 Å². The van der Waals surface area contributed by atoms with Gasteiger partial charge in [-0.15, -0.1) is 0 Å². The van der Waals surface area contributed by atoms with E-state index < -0.39 is 18.0 Å². The zero-order valence-corrected chi connectivity index (χ0v) is 13.2. The molecule has 1 atom stereocenters. The fourth-order valence-electron chi connectivity index (χ4n) is 2.18. The van der Waals surface area contributed by atoms with Gasteiger partial charge in [0.15, 0.2) is 23.4 Å². The number of esters is 1. The second kappa shape index (κ2) is 6.61. The van der Waals surface area contributed by atoms with E-state index in [1.165, 1.54) is 6.07 Å². The van der Waals surface area contributed by atoms with E-state index in [0.717, 1.165) is 0 Å². The third-order valence-electron chi connectivity index (χ3n) is 3.40. The topological polar surface area (TPSA) is 99.9 Å². The fraction of sp³-hybridized carbons (Fsp3) is 0.312. The maximum absolute atomic E-state index is 12.2. The molecule has 1 aromatic carbocycles. The summed E-state index contributed by atoms with van der Waals surface area (Å²) < 4.78 is 20.6. The highest BCUT2D eigenvalue weighted by atomic mass is 16.7. The number of hydrogen-bond donors (Lipinski definition) is 1. The fourth-order valence-corrected chi connectivity index (χ4v) is 2.18. The number of ether oxygens (including phenoxy) is 3. The van der Waals surface area contributed by atoms with Crippen molar-refractivity contribution in [2.45, 2.75) is 26.4 Å². The zero-order chi connectivity index (χ0) is 17.1. The number of hydrogen-bond acceptors (Lipinski definition) is 7. The molecule has 2 heterocycles.